The Morgan fingerprint density at radius 3 is 2.45 bits per heavy atom. The van der Waals surface area contributed by atoms with E-state index in [9.17, 15) is 17.6 Å². The zero-order chi connectivity index (χ0) is 22.0. The summed E-state index contributed by atoms with van der Waals surface area (Å²) < 4.78 is 40.8. The third kappa shape index (κ3) is 4.77. The van der Waals surface area contributed by atoms with E-state index in [0.717, 1.165) is 11.3 Å². The molecule has 11 heteroatoms. The van der Waals surface area contributed by atoms with Gasteiger partial charge in [-0.1, -0.05) is 35.1 Å². The topological polar surface area (TPSA) is 92.3 Å². The van der Waals surface area contributed by atoms with E-state index < -0.39 is 21.7 Å². The van der Waals surface area contributed by atoms with Crippen LogP contribution in [0, 0.1) is 5.82 Å². The highest BCUT2D eigenvalue weighted by Gasteiger charge is 2.31. The molecule has 7 nitrogen and oxygen atoms in total. The van der Waals surface area contributed by atoms with Gasteiger partial charge in [-0.2, -0.15) is 4.31 Å². The summed E-state index contributed by atoms with van der Waals surface area (Å²) >= 11 is 6.98. The number of piperidine rings is 1. The minimum absolute atomic E-state index is 0.00387. The number of hydrogen-bond donors (Lipinski definition) is 1. The molecule has 1 aromatic heterocycles. The van der Waals surface area contributed by atoms with Crippen LogP contribution < -0.4 is 5.32 Å². The van der Waals surface area contributed by atoms with Gasteiger partial charge in [0.2, 0.25) is 15.0 Å². The fourth-order valence-electron chi connectivity index (χ4n) is 3.33. The number of amides is 1. The van der Waals surface area contributed by atoms with Crippen molar-refractivity contribution in [2.24, 2.45) is 0 Å². The standard InChI is InChI=1S/C20H18ClFN4O3S2/c21-14-5-7-15(8-6-14)31(28,29)26-11-9-13(10-12-26)19-24-25-20(30-19)18(27)23-17-4-2-1-3-16(17)22/h1-8,13H,9-12H2,(H,23,27). The third-order valence-corrected chi connectivity index (χ3v) is 8.26. The second-order valence-electron chi connectivity index (χ2n) is 7.01. The molecule has 2 heterocycles. The molecule has 0 saturated carbocycles. The van der Waals surface area contributed by atoms with E-state index in [1.54, 1.807) is 18.2 Å². The lowest BCUT2D eigenvalue weighted by atomic mass is 9.99. The smallest absolute Gasteiger partial charge is 0.286 e. The number of rotatable bonds is 5. The molecule has 0 radical (unpaired) electrons. The number of benzene rings is 2. The number of carbonyl (C=O) groups excluding carboxylic acids is 1. The van der Waals surface area contributed by atoms with E-state index in [-0.39, 0.29) is 21.5 Å². The number of carbonyl (C=O) groups is 1. The highest BCUT2D eigenvalue weighted by molar-refractivity contribution is 7.89. The lowest BCUT2D eigenvalue weighted by Crippen LogP contribution is -2.37. The third-order valence-electron chi connectivity index (χ3n) is 5.01. The number of hydrogen-bond acceptors (Lipinski definition) is 6. The molecule has 2 aromatic carbocycles. The van der Waals surface area contributed by atoms with Crippen LogP contribution in [0.5, 0.6) is 0 Å². The molecule has 31 heavy (non-hydrogen) atoms. The molecule has 0 atom stereocenters. The number of nitrogens with zero attached hydrogens (tertiary/aromatic N) is 3. The first-order valence-corrected chi connectivity index (χ1v) is 12.1. The Kier molecular flexibility index (Phi) is 6.33. The van der Waals surface area contributed by atoms with Gasteiger partial charge in [0, 0.05) is 24.0 Å². The molecular formula is C20H18ClFN4O3S2. The molecule has 1 saturated heterocycles. The summed E-state index contributed by atoms with van der Waals surface area (Å²) in [6.07, 6.45) is 1.13. The maximum absolute atomic E-state index is 13.7. The summed E-state index contributed by atoms with van der Waals surface area (Å²) in [5.74, 6) is -1.06. The number of halogens is 2. The van der Waals surface area contributed by atoms with Crippen LogP contribution in [-0.4, -0.2) is 41.9 Å². The van der Waals surface area contributed by atoms with Gasteiger partial charge in [-0.25, -0.2) is 12.8 Å². The fraction of sp³-hybridized carbons (Fsp3) is 0.250. The van der Waals surface area contributed by atoms with Crippen molar-refractivity contribution in [3.8, 4) is 0 Å². The van der Waals surface area contributed by atoms with Crippen LogP contribution >= 0.6 is 22.9 Å². The monoisotopic (exact) mass is 480 g/mol. The molecule has 1 aliphatic heterocycles. The van der Waals surface area contributed by atoms with Crippen LogP contribution in [0.2, 0.25) is 5.02 Å². The molecule has 0 aliphatic carbocycles. The zero-order valence-corrected chi connectivity index (χ0v) is 18.6. The van der Waals surface area contributed by atoms with Crippen molar-refractivity contribution in [1.82, 2.24) is 14.5 Å². The summed E-state index contributed by atoms with van der Waals surface area (Å²) in [5, 5.41) is 11.8. The van der Waals surface area contributed by atoms with Crippen LogP contribution in [0.4, 0.5) is 10.1 Å². The molecule has 1 amide bonds. The molecule has 1 N–H and O–H groups in total. The quantitative estimate of drug-likeness (QED) is 0.592. The Bertz CT molecular complexity index is 1190. The van der Waals surface area contributed by atoms with Crippen LogP contribution in [0.15, 0.2) is 53.4 Å². The molecular weight excluding hydrogens is 463 g/mol. The molecule has 1 fully saturated rings. The highest BCUT2D eigenvalue weighted by atomic mass is 35.5. The van der Waals surface area contributed by atoms with E-state index >= 15 is 0 Å². The van der Waals surface area contributed by atoms with Crippen molar-refractivity contribution in [1.29, 1.82) is 0 Å². The number of anilines is 1. The predicted octanol–water partition coefficient (Wildman–Crippen LogP) is 4.15. The van der Waals surface area contributed by atoms with Crippen LogP contribution in [-0.2, 0) is 10.0 Å². The van der Waals surface area contributed by atoms with E-state index in [1.807, 2.05) is 0 Å². The largest absolute Gasteiger partial charge is 0.317 e. The van der Waals surface area contributed by atoms with Crippen LogP contribution in [0.1, 0.15) is 33.6 Å². The van der Waals surface area contributed by atoms with Crippen molar-refractivity contribution < 1.29 is 17.6 Å². The van der Waals surface area contributed by atoms with Gasteiger partial charge in [-0.15, -0.1) is 10.2 Å². The Morgan fingerprint density at radius 2 is 1.77 bits per heavy atom. The lowest BCUT2D eigenvalue weighted by molar-refractivity contribution is 0.102. The fourth-order valence-corrected chi connectivity index (χ4v) is 5.83. The van der Waals surface area contributed by atoms with Crippen molar-refractivity contribution >= 4 is 44.6 Å². The molecule has 0 bridgehead atoms. The minimum Gasteiger partial charge on any atom is -0.317 e. The molecule has 3 aromatic rings. The first kappa shape index (κ1) is 21.8. The summed E-state index contributed by atoms with van der Waals surface area (Å²) in [6.45, 7) is 0.678. The Labute approximate surface area is 187 Å². The Morgan fingerprint density at radius 1 is 1.10 bits per heavy atom. The van der Waals surface area contributed by atoms with Crippen LogP contribution in [0.3, 0.4) is 0 Å². The summed E-state index contributed by atoms with van der Waals surface area (Å²) in [7, 11) is -3.59. The SMILES string of the molecule is O=C(Nc1ccccc1F)c1nnc(C2CCN(S(=O)(=O)c3ccc(Cl)cc3)CC2)s1. The Hall–Kier alpha value is -2.40. The maximum Gasteiger partial charge on any atom is 0.286 e. The summed E-state index contributed by atoms with van der Waals surface area (Å²) in [5.41, 5.74) is 0.0740. The summed E-state index contributed by atoms with van der Waals surface area (Å²) in [4.78, 5) is 12.6. The Balaban J connectivity index is 1.39. The molecule has 0 unspecified atom stereocenters. The number of para-hydroxylation sites is 1. The van der Waals surface area contributed by atoms with Gasteiger partial charge < -0.3 is 5.32 Å². The lowest BCUT2D eigenvalue weighted by Gasteiger charge is -2.30. The van der Waals surface area contributed by atoms with Gasteiger partial charge in [0.25, 0.3) is 5.91 Å². The normalized spacial score (nSPS) is 15.7. The van der Waals surface area contributed by atoms with E-state index in [1.165, 1.54) is 34.6 Å². The van der Waals surface area contributed by atoms with Gasteiger partial charge in [-0.3, -0.25) is 4.79 Å². The van der Waals surface area contributed by atoms with Gasteiger partial charge >= 0.3 is 0 Å². The number of aromatic nitrogens is 2. The first-order valence-electron chi connectivity index (χ1n) is 9.49. The zero-order valence-electron chi connectivity index (χ0n) is 16.2. The average molecular weight is 481 g/mol. The van der Waals surface area contributed by atoms with Gasteiger partial charge in [-0.05, 0) is 49.2 Å². The van der Waals surface area contributed by atoms with Crippen molar-refractivity contribution in [3.05, 3.63) is 69.4 Å². The predicted molar refractivity (Wildman–Crippen MR) is 116 cm³/mol. The van der Waals surface area contributed by atoms with Crippen molar-refractivity contribution in [3.63, 3.8) is 0 Å². The molecule has 162 valence electrons. The molecule has 0 spiro atoms. The number of nitrogens with one attached hydrogen (secondary N) is 1. The highest BCUT2D eigenvalue weighted by Crippen LogP contribution is 2.32. The minimum atomic E-state index is -3.59. The van der Waals surface area contributed by atoms with Crippen LogP contribution in [0.25, 0.3) is 0 Å². The van der Waals surface area contributed by atoms with Gasteiger partial charge in [0.05, 0.1) is 10.6 Å². The maximum atomic E-state index is 13.7. The van der Waals surface area contributed by atoms with Gasteiger partial charge in [0.15, 0.2) is 0 Å². The second-order valence-corrected chi connectivity index (χ2v) is 10.4. The second kappa shape index (κ2) is 8.99. The van der Waals surface area contributed by atoms with Crippen molar-refractivity contribution in [2.45, 2.75) is 23.7 Å². The van der Waals surface area contributed by atoms with Gasteiger partial charge in [0.1, 0.15) is 10.8 Å². The molecule has 4 rings (SSSR count). The average Bonchev–Trinajstić information content (AvgIpc) is 3.26. The molecule has 1 aliphatic rings. The van der Waals surface area contributed by atoms with E-state index in [0.29, 0.717) is 36.0 Å². The number of sulfonamides is 1. The van der Waals surface area contributed by atoms with Crippen molar-refractivity contribution in [2.75, 3.05) is 18.4 Å². The van der Waals surface area contributed by atoms with E-state index in [4.69, 9.17) is 11.6 Å². The first-order chi connectivity index (χ1) is 14.8. The van der Waals surface area contributed by atoms with E-state index in [2.05, 4.69) is 15.5 Å². The summed E-state index contributed by atoms with van der Waals surface area (Å²) in [6, 6.07) is 12.0.